The average molecular weight is 239 g/mol. The van der Waals surface area contributed by atoms with Crippen molar-refractivity contribution in [2.24, 2.45) is 5.92 Å². The number of allylic oxidation sites excluding steroid dienone is 1. The van der Waals surface area contributed by atoms with Gasteiger partial charge in [0.1, 0.15) is 5.82 Å². The van der Waals surface area contributed by atoms with Crippen LogP contribution < -0.4 is 0 Å². The summed E-state index contributed by atoms with van der Waals surface area (Å²) in [7, 11) is 0. The van der Waals surface area contributed by atoms with Gasteiger partial charge in [0.25, 0.3) is 0 Å². The van der Waals surface area contributed by atoms with Crippen LogP contribution in [0.2, 0.25) is 5.02 Å². The Morgan fingerprint density at radius 1 is 1.38 bits per heavy atom. The Hall–Kier alpha value is -0.820. The summed E-state index contributed by atoms with van der Waals surface area (Å²) in [5.74, 6) is 0.737. The average Bonchev–Trinajstić information content (AvgIpc) is 2.33. The molecule has 1 saturated carbocycles. The molecule has 1 aliphatic carbocycles. The first kappa shape index (κ1) is 11.7. The van der Waals surface area contributed by atoms with E-state index in [1.54, 1.807) is 12.1 Å². The minimum Gasteiger partial charge on any atom is -0.205 e. The molecule has 0 heterocycles. The Morgan fingerprint density at radius 2 is 2.19 bits per heavy atom. The second kappa shape index (κ2) is 5.01. The van der Waals surface area contributed by atoms with E-state index in [9.17, 15) is 4.39 Å². The summed E-state index contributed by atoms with van der Waals surface area (Å²) in [5.41, 5.74) is 1.08. The fourth-order valence-corrected chi connectivity index (χ4v) is 2.63. The van der Waals surface area contributed by atoms with Gasteiger partial charge in [0.05, 0.1) is 5.02 Å². The van der Waals surface area contributed by atoms with E-state index in [1.165, 1.54) is 12.8 Å². The molecule has 1 aromatic rings. The van der Waals surface area contributed by atoms with Gasteiger partial charge >= 0.3 is 0 Å². The monoisotopic (exact) mass is 238 g/mol. The molecule has 0 saturated heterocycles. The van der Waals surface area contributed by atoms with Crippen molar-refractivity contribution in [1.29, 1.82) is 0 Å². The summed E-state index contributed by atoms with van der Waals surface area (Å²) >= 11 is 5.68. The van der Waals surface area contributed by atoms with Crippen molar-refractivity contribution in [3.8, 4) is 0 Å². The van der Waals surface area contributed by atoms with E-state index >= 15 is 0 Å². The van der Waals surface area contributed by atoms with Gasteiger partial charge in [-0.3, -0.25) is 0 Å². The van der Waals surface area contributed by atoms with Crippen LogP contribution in [0.3, 0.4) is 0 Å². The first-order valence-electron chi connectivity index (χ1n) is 5.78. The van der Waals surface area contributed by atoms with Gasteiger partial charge < -0.3 is 0 Å². The Balaban J connectivity index is 2.16. The highest BCUT2D eigenvalue weighted by atomic mass is 35.5. The molecule has 2 unspecified atom stereocenters. The van der Waals surface area contributed by atoms with Gasteiger partial charge in [-0.2, -0.15) is 0 Å². The van der Waals surface area contributed by atoms with Gasteiger partial charge in [0.15, 0.2) is 0 Å². The zero-order valence-corrected chi connectivity index (χ0v) is 10.0. The number of hydrogen-bond acceptors (Lipinski definition) is 0. The molecule has 0 nitrogen and oxygen atoms in total. The van der Waals surface area contributed by atoms with Crippen molar-refractivity contribution in [2.75, 3.05) is 0 Å². The van der Waals surface area contributed by atoms with Crippen molar-refractivity contribution in [3.63, 3.8) is 0 Å². The second-order valence-corrected chi connectivity index (χ2v) is 4.94. The van der Waals surface area contributed by atoms with Crippen molar-refractivity contribution < 1.29 is 4.39 Å². The van der Waals surface area contributed by atoms with Crippen LogP contribution in [0.5, 0.6) is 0 Å². The van der Waals surface area contributed by atoms with E-state index < -0.39 is 0 Å². The summed E-state index contributed by atoms with van der Waals surface area (Å²) in [4.78, 5) is 0. The fourth-order valence-electron chi connectivity index (χ4n) is 2.51. The first-order valence-corrected chi connectivity index (χ1v) is 6.16. The Bertz CT molecular complexity index is 386. The minimum absolute atomic E-state index is 0.208. The summed E-state index contributed by atoms with van der Waals surface area (Å²) in [5, 5.41) is 0.208. The zero-order valence-electron chi connectivity index (χ0n) is 9.26. The Kier molecular flexibility index (Phi) is 3.65. The molecule has 0 N–H and O–H groups in total. The Labute approximate surface area is 101 Å². The predicted molar refractivity (Wildman–Crippen MR) is 66.3 cm³/mol. The van der Waals surface area contributed by atoms with Gasteiger partial charge in [-0.05, 0) is 48.8 Å². The molecule has 2 rings (SSSR count). The van der Waals surface area contributed by atoms with Crippen molar-refractivity contribution in [3.05, 3.63) is 47.3 Å². The lowest BCUT2D eigenvalue weighted by atomic mass is 9.78. The summed E-state index contributed by atoms with van der Waals surface area (Å²) in [6, 6.07) is 5.18. The summed E-state index contributed by atoms with van der Waals surface area (Å²) in [6.45, 7) is 3.85. The number of hydrogen-bond donors (Lipinski definition) is 0. The minimum atomic E-state index is -0.306. The summed E-state index contributed by atoms with van der Waals surface area (Å²) in [6.07, 6.45) is 6.68. The molecule has 0 spiro atoms. The molecule has 1 aliphatic rings. The number of halogens is 2. The van der Waals surface area contributed by atoms with Gasteiger partial charge in [0, 0.05) is 0 Å². The van der Waals surface area contributed by atoms with Gasteiger partial charge in [-0.1, -0.05) is 30.2 Å². The van der Waals surface area contributed by atoms with Crippen LogP contribution in [0, 0.1) is 11.7 Å². The van der Waals surface area contributed by atoms with E-state index in [4.69, 9.17) is 11.6 Å². The highest BCUT2D eigenvalue weighted by molar-refractivity contribution is 6.30. The summed E-state index contributed by atoms with van der Waals surface area (Å²) < 4.78 is 13.4. The lowest BCUT2D eigenvalue weighted by Crippen LogP contribution is -2.12. The maximum atomic E-state index is 13.4. The van der Waals surface area contributed by atoms with Crippen LogP contribution in [0.25, 0.3) is 0 Å². The normalized spacial score (nSPS) is 25.4. The van der Waals surface area contributed by atoms with Gasteiger partial charge in [-0.15, -0.1) is 6.58 Å². The number of benzene rings is 1. The molecule has 0 radical (unpaired) electrons. The van der Waals surface area contributed by atoms with Crippen LogP contribution in [-0.4, -0.2) is 0 Å². The topological polar surface area (TPSA) is 0 Å². The maximum absolute atomic E-state index is 13.4. The molecule has 86 valence electrons. The van der Waals surface area contributed by atoms with E-state index in [0.29, 0.717) is 11.8 Å². The molecule has 0 aromatic heterocycles. The third kappa shape index (κ3) is 2.46. The predicted octanol–water partition coefficient (Wildman–Crippen LogP) is 4.94. The van der Waals surface area contributed by atoms with Crippen LogP contribution in [0.4, 0.5) is 4.39 Å². The van der Waals surface area contributed by atoms with E-state index in [0.717, 1.165) is 18.4 Å². The molecule has 1 aromatic carbocycles. The van der Waals surface area contributed by atoms with Crippen molar-refractivity contribution >= 4 is 11.6 Å². The standard InChI is InChI=1S/C14H16ClF/c1-2-10-4-3-5-11(8-10)12-6-7-13(15)14(16)9-12/h2,6-7,9-11H,1,3-5,8H2. The van der Waals surface area contributed by atoms with Crippen LogP contribution in [-0.2, 0) is 0 Å². The zero-order chi connectivity index (χ0) is 11.5. The molecule has 0 bridgehead atoms. The molecule has 2 heteroatoms. The molecule has 0 amide bonds. The lowest BCUT2D eigenvalue weighted by molar-refractivity contribution is 0.372. The fraction of sp³-hybridized carbons (Fsp3) is 0.429. The first-order chi connectivity index (χ1) is 7.70. The molecule has 2 atom stereocenters. The molecule has 1 fully saturated rings. The second-order valence-electron chi connectivity index (χ2n) is 4.53. The quantitative estimate of drug-likeness (QED) is 0.641. The van der Waals surface area contributed by atoms with Gasteiger partial charge in [0.2, 0.25) is 0 Å². The Morgan fingerprint density at radius 3 is 2.88 bits per heavy atom. The van der Waals surface area contributed by atoms with E-state index in [2.05, 4.69) is 6.58 Å². The largest absolute Gasteiger partial charge is 0.205 e. The van der Waals surface area contributed by atoms with Crippen LogP contribution >= 0.6 is 11.6 Å². The van der Waals surface area contributed by atoms with Crippen LogP contribution in [0.1, 0.15) is 37.2 Å². The lowest BCUT2D eigenvalue weighted by Gasteiger charge is -2.27. The molecular weight excluding hydrogens is 223 g/mol. The van der Waals surface area contributed by atoms with E-state index in [1.807, 2.05) is 12.1 Å². The molecule has 16 heavy (non-hydrogen) atoms. The van der Waals surface area contributed by atoms with Crippen molar-refractivity contribution in [1.82, 2.24) is 0 Å². The van der Waals surface area contributed by atoms with Gasteiger partial charge in [-0.25, -0.2) is 4.39 Å². The van der Waals surface area contributed by atoms with E-state index in [-0.39, 0.29) is 10.8 Å². The highest BCUT2D eigenvalue weighted by Gasteiger charge is 2.21. The molecule has 0 aliphatic heterocycles. The van der Waals surface area contributed by atoms with Crippen molar-refractivity contribution in [2.45, 2.75) is 31.6 Å². The number of rotatable bonds is 2. The maximum Gasteiger partial charge on any atom is 0.142 e. The highest BCUT2D eigenvalue weighted by Crippen LogP contribution is 2.37. The smallest absolute Gasteiger partial charge is 0.142 e. The SMILES string of the molecule is C=CC1CCCC(c2ccc(Cl)c(F)c2)C1. The third-order valence-electron chi connectivity index (χ3n) is 3.46. The van der Waals surface area contributed by atoms with Crippen LogP contribution in [0.15, 0.2) is 30.9 Å². The third-order valence-corrected chi connectivity index (χ3v) is 3.77. The molecular formula is C14H16ClF.